The second-order valence-electron chi connectivity index (χ2n) is 5.31. The van der Waals surface area contributed by atoms with Gasteiger partial charge in [0.1, 0.15) is 5.82 Å². The van der Waals surface area contributed by atoms with E-state index in [-0.39, 0.29) is 17.0 Å². The molecule has 0 amide bonds. The molecule has 2 atom stereocenters. The lowest BCUT2D eigenvalue weighted by Gasteiger charge is -2.25. The van der Waals surface area contributed by atoms with Crippen molar-refractivity contribution in [3.63, 3.8) is 0 Å². The summed E-state index contributed by atoms with van der Waals surface area (Å²) in [4.78, 5) is 4.44. The van der Waals surface area contributed by atoms with Gasteiger partial charge in [-0.3, -0.25) is 0 Å². The maximum absolute atomic E-state index is 11.4. The molecule has 0 aliphatic heterocycles. The summed E-state index contributed by atoms with van der Waals surface area (Å²) in [6.07, 6.45) is 8.48. The summed E-state index contributed by atoms with van der Waals surface area (Å²) >= 11 is 0. The molecule has 0 spiro atoms. The van der Waals surface area contributed by atoms with Gasteiger partial charge in [-0.1, -0.05) is 19.3 Å². The molecule has 1 fully saturated rings. The quantitative estimate of drug-likeness (QED) is 0.863. The van der Waals surface area contributed by atoms with Gasteiger partial charge in [0, 0.05) is 19.6 Å². The van der Waals surface area contributed by atoms with Gasteiger partial charge in [0.25, 0.3) is 0 Å². The van der Waals surface area contributed by atoms with E-state index in [1.54, 1.807) is 19.2 Å². The molecule has 0 unspecified atom stereocenters. The van der Waals surface area contributed by atoms with E-state index in [9.17, 15) is 8.42 Å². The largest absolute Gasteiger partial charge is 0.379 e. The Labute approximate surface area is 120 Å². The van der Waals surface area contributed by atoms with Crippen molar-refractivity contribution in [2.24, 2.45) is 0 Å². The van der Waals surface area contributed by atoms with E-state index in [0.29, 0.717) is 5.82 Å². The minimum atomic E-state index is -3.19. The van der Waals surface area contributed by atoms with Gasteiger partial charge >= 0.3 is 0 Å². The van der Waals surface area contributed by atoms with Gasteiger partial charge in [0.05, 0.1) is 17.0 Å². The first-order valence-corrected chi connectivity index (χ1v) is 8.85. The highest BCUT2D eigenvalue weighted by Gasteiger charge is 2.23. The third-order valence-electron chi connectivity index (χ3n) is 3.75. The lowest BCUT2D eigenvalue weighted by atomic mass is 10.1. The summed E-state index contributed by atoms with van der Waals surface area (Å²) in [5.74, 6) is 0.700. The highest BCUT2D eigenvalue weighted by molar-refractivity contribution is 7.90. The summed E-state index contributed by atoms with van der Waals surface area (Å²) in [7, 11) is -1.45. The first-order chi connectivity index (χ1) is 9.50. The molecule has 1 aliphatic rings. The van der Waals surface area contributed by atoms with Crippen LogP contribution < -0.4 is 5.32 Å². The van der Waals surface area contributed by atoms with Crippen molar-refractivity contribution < 1.29 is 13.2 Å². The van der Waals surface area contributed by atoms with Crippen LogP contribution in [0.3, 0.4) is 0 Å². The summed E-state index contributed by atoms with van der Waals surface area (Å²) in [5, 5.41) is 3.37. The lowest BCUT2D eigenvalue weighted by molar-refractivity contribution is 0.0805. The van der Waals surface area contributed by atoms with E-state index in [4.69, 9.17) is 4.74 Å². The van der Waals surface area contributed by atoms with Crippen molar-refractivity contribution in [3.05, 3.63) is 18.3 Å². The van der Waals surface area contributed by atoms with Gasteiger partial charge in [-0.15, -0.1) is 0 Å². The van der Waals surface area contributed by atoms with Crippen molar-refractivity contribution in [2.75, 3.05) is 18.7 Å². The summed E-state index contributed by atoms with van der Waals surface area (Å²) in [6.45, 7) is 0. The van der Waals surface area contributed by atoms with Crippen LogP contribution in [0.4, 0.5) is 5.82 Å². The Balaban J connectivity index is 2.08. The molecule has 1 aromatic heterocycles. The molecule has 5 nitrogen and oxygen atoms in total. The van der Waals surface area contributed by atoms with Crippen LogP contribution in [-0.2, 0) is 14.6 Å². The molecule has 1 N–H and O–H groups in total. The fourth-order valence-corrected chi connectivity index (χ4v) is 3.16. The van der Waals surface area contributed by atoms with Gasteiger partial charge in [0.15, 0.2) is 9.84 Å². The number of methoxy groups -OCH3 is 1. The van der Waals surface area contributed by atoms with Crippen LogP contribution in [0.2, 0.25) is 0 Å². The number of anilines is 1. The number of rotatable bonds is 4. The third kappa shape index (κ3) is 3.93. The standard InChI is InChI=1S/C14H22N2O3S/c1-19-13-7-5-3-4-6-12(13)16-14-9-8-11(10-15-14)20(2,17)18/h8-10,12-13H,3-7H2,1-2H3,(H,15,16)/t12-,13-/m1/s1. The van der Waals surface area contributed by atoms with Crippen LogP contribution in [-0.4, -0.2) is 38.9 Å². The topological polar surface area (TPSA) is 68.3 Å². The second-order valence-corrected chi connectivity index (χ2v) is 7.33. The molecule has 1 aromatic rings. The van der Waals surface area contributed by atoms with Crippen LogP contribution >= 0.6 is 0 Å². The molecular weight excluding hydrogens is 276 g/mol. The van der Waals surface area contributed by atoms with Crippen molar-refractivity contribution in [3.8, 4) is 0 Å². The van der Waals surface area contributed by atoms with Crippen molar-refractivity contribution in [2.45, 2.75) is 49.1 Å². The zero-order chi connectivity index (χ0) is 14.6. The third-order valence-corrected chi connectivity index (χ3v) is 4.85. The fraction of sp³-hybridized carbons (Fsp3) is 0.643. The smallest absolute Gasteiger partial charge is 0.177 e. The predicted molar refractivity (Wildman–Crippen MR) is 78.6 cm³/mol. The molecule has 0 radical (unpaired) electrons. The Morgan fingerprint density at radius 3 is 2.60 bits per heavy atom. The Morgan fingerprint density at radius 1 is 1.25 bits per heavy atom. The van der Waals surface area contributed by atoms with Crippen molar-refractivity contribution in [1.29, 1.82) is 0 Å². The number of pyridine rings is 1. The highest BCUT2D eigenvalue weighted by atomic mass is 32.2. The van der Waals surface area contributed by atoms with Gasteiger partial charge in [0.2, 0.25) is 0 Å². The predicted octanol–water partition coefficient (Wildman–Crippen LogP) is 2.24. The maximum atomic E-state index is 11.4. The monoisotopic (exact) mass is 298 g/mol. The lowest BCUT2D eigenvalue weighted by Crippen LogP contribution is -2.34. The van der Waals surface area contributed by atoms with E-state index in [1.165, 1.54) is 31.7 Å². The first-order valence-electron chi connectivity index (χ1n) is 6.96. The molecule has 0 saturated heterocycles. The van der Waals surface area contributed by atoms with Gasteiger partial charge in [-0.05, 0) is 25.0 Å². The zero-order valence-corrected chi connectivity index (χ0v) is 12.8. The fourth-order valence-electron chi connectivity index (χ4n) is 2.60. The number of hydrogen-bond donors (Lipinski definition) is 1. The minimum Gasteiger partial charge on any atom is -0.379 e. The van der Waals surface area contributed by atoms with E-state index >= 15 is 0 Å². The molecule has 6 heteroatoms. The van der Waals surface area contributed by atoms with Crippen LogP contribution in [0.1, 0.15) is 32.1 Å². The van der Waals surface area contributed by atoms with E-state index in [1.807, 2.05) is 0 Å². The highest BCUT2D eigenvalue weighted by Crippen LogP contribution is 2.23. The summed E-state index contributed by atoms with van der Waals surface area (Å²) in [5.41, 5.74) is 0. The molecule has 0 bridgehead atoms. The summed E-state index contributed by atoms with van der Waals surface area (Å²) in [6, 6.07) is 3.54. The molecular formula is C14H22N2O3S. The summed E-state index contributed by atoms with van der Waals surface area (Å²) < 4.78 is 28.3. The molecule has 1 aliphatic carbocycles. The average Bonchev–Trinajstić information content (AvgIpc) is 2.63. The number of sulfone groups is 1. The molecule has 1 heterocycles. The zero-order valence-electron chi connectivity index (χ0n) is 12.0. The Morgan fingerprint density at radius 2 is 2.00 bits per heavy atom. The number of hydrogen-bond acceptors (Lipinski definition) is 5. The molecule has 1 saturated carbocycles. The number of aromatic nitrogens is 1. The van der Waals surface area contributed by atoms with Crippen LogP contribution in [0, 0.1) is 0 Å². The Hall–Kier alpha value is -1.14. The van der Waals surface area contributed by atoms with Crippen LogP contribution in [0.5, 0.6) is 0 Å². The van der Waals surface area contributed by atoms with Crippen LogP contribution in [0.15, 0.2) is 23.2 Å². The van der Waals surface area contributed by atoms with Gasteiger partial charge < -0.3 is 10.1 Å². The van der Waals surface area contributed by atoms with Gasteiger partial charge in [-0.25, -0.2) is 13.4 Å². The Kier molecular flexibility index (Phi) is 4.99. The van der Waals surface area contributed by atoms with Gasteiger partial charge in [-0.2, -0.15) is 0 Å². The maximum Gasteiger partial charge on any atom is 0.177 e. The normalized spacial score (nSPS) is 24.1. The first kappa shape index (κ1) is 15.3. The SMILES string of the molecule is CO[C@@H]1CCCCC[C@H]1Nc1ccc(S(C)(=O)=O)cn1. The molecule has 0 aromatic carbocycles. The molecule has 20 heavy (non-hydrogen) atoms. The number of nitrogens with zero attached hydrogens (tertiary/aromatic N) is 1. The van der Waals surface area contributed by atoms with E-state index in [0.717, 1.165) is 12.8 Å². The molecule has 112 valence electrons. The second kappa shape index (κ2) is 6.54. The minimum absolute atomic E-state index is 0.189. The van der Waals surface area contributed by atoms with Crippen molar-refractivity contribution in [1.82, 2.24) is 4.98 Å². The number of nitrogens with one attached hydrogen (secondary N) is 1. The van der Waals surface area contributed by atoms with E-state index < -0.39 is 9.84 Å². The Bertz CT molecular complexity index is 528. The molecule has 2 rings (SSSR count). The van der Waals surface area contributed by atoms with Crippen molar-refractivity contribution >= 4 is 15.7 Å². The van der Waals surface area contributed by atoms with E-state index in [2.05, 4.69) is 10.3 Å². The average molecular weight is 298 g/mol. The van der Waals surface area contributed by atoms with Crippen LogP contribution in [0.25, 0.3) is 0 Å². The number of ether oxygens (including phenoxy) is 1.